The van der Waals surface area contributed by atoms with Gasteiger partial charge in [0.1, 0.15) is 0 Å². The fourth-order valence-corrected chi connectivity index (χ4v) is 1.32. The molecule has 4 N–H and O–H groups in total. The fraction of sp³-hybridized carbons (Fsp3) is 0.385. The summed E-state index contributed by atoms with van der Waals surface area (Å²) in [7, 11) is 0. The molecule has 0 bridgehead atoms. The summed E-state index contributed by atoms with van der Waals surface area (Å²) in [6, 6.07) is 5.30. The van der Waals surface area contributed by atoms with Crippen molar-refractivity contribution in [2.24, 2.45) is 5.73 Å². The van der Waals surface area contributed by atoms with Gasteiger partial charge in [0.05, 0.1) is 5.54 Å². The second-order valence-corrected chi connectivity index (χ2v) is 4.89. The number of anilines is 2. The number of nitrogens with two attached hydrogens (primary N) is 1. The third-order valence-electron chi connectivity index (χ3n) is 2.39. The van der Waals surface area contributed by atoms with Crippen LogP contribution >= 0.6 is 0 Å². The minimum absolute atomic E-state index is 0.152. The molecule has 0 aliphatic heterocycles. The quantitative estimate of drug-likeness (QED) is 0.761. The number of aryl methyl sites for hydroxylation is 1. The Balaban J connectivity index is 2.92. The van der Waals surface area contributed by atoms with Crippen molar-refractivity contribution in [1.82, 2.24) is 0 Å². The number of amides is 2. The molecule has 0 saturated carbocycles. The van der Waals surface area contributed by atoms with E-state index in [-0.39, 0.29) is 11.8 Å². The topological polar surface area (TPSA) is 84.2 Å². The van der Waals surface area contributed by atoms with E-state index in [0.717, 1.165) is 5.56 Å². The van der Waals surface area contributed by atoms with Crippen LogP contribution < -0.4 is 16.4 Å². The van der Waals surface area contributed by atoms with E-state index in [0.29, 0.717) is 11.4 Å². The van der Waals surface area contributed by atoms with Crippen LogP contribution in [0.15, 0.2) is 18.2 Å². The lowest BCUT2D eigenvalue weighted by Gasteiger charge is -2.18. The average Bonchev–Trinajstić information content (AvgIpc) is 2.20. The van der Waals surface area contributed by atoms with Gasteiger partial charge in [-0.2, -0.15) is 0 Å². The van der Waals surface area contributed by atoms with E-state index in [1.807, 2.05) is 13.0 Å². The van der Waals surface area contributed by atoms with Crippen LogP contribution in [0.3, 0.4) is 0 Å². The lowest BCUT2D eigenvalue weighted by atomic mass is 10.1. The number of carbonyl (C=O) groups is 2. The number of hydrogen-bond acceptors (Lipinski definition) is 3. The molecule has 1 aromatic rings. The first-order valence-corrected chi connectivity index (χ1v) is 5.68. The van der Waals surface area contributed by atoms with Gasteiger partial charge in [0.2, 0.25) is 11.8 Å². The van der Waals surface area contributed by atoms with Gasteiger partial charge in [0, 0.05) is 18.3 Å². The Morgan fingerprint density at radius 3 is 2.33 bits per heavy atom. The van der Waals surface area contributed by atoms with Gasteiger partial charge in [0.25, 0.3) is 0 Å². The Morgan fingerprint density at radius 1 is 1.22 bits per heavy atom. The Bertz CT molecular complexity index is 476. The summed E-state index contributed by atoms with van der Waals surface area (Å²) in [6.45, 7) is 6.58. The number of benzene rings is 1. The van der Waals surface area contributed by atoms with Crippen LogP contribution in [-0.4, -0.2) is 17.4 Å². The van der Waals surface area contributed by atoms with E-state index in [1.54, 1.807) is 26.0 Å². The monoisotopic (exact) mass is 249 g/mol. The first-order chi connectivity index (χ1) is 8.20. The van der Waals surface area contributed by atoms with Crippen LogP contribution in [0.2, 0.25) is 0 Å². The van der Waals surface area contributed by atoms with Crippen LogP contribution in [0.1, 0.15) is 26.3 Å². The predicted octanol–water partition coefficient (Wildman–Crippen LogP) is 1.63. The molecule has 0 fully saturated rings. The van der Waals surface area contributed by atoms with Gasteiger partial charge in [0.15, 0.2) is 0 Å². The normalized spacial score (nSPS) is 10.9. The van der Waals surface area contributed by atoms with Crippen molar-refractivity contribution in [2.45, 2.75) is 33.2 Å². The molecule has 5 nitrogen and oxygen atoms in total. The molecule has 0 radical (unpaired) electrons. The molecule has 1 aromatic carbocycles. The fourth-order valence-electron chi connectivity index (χ4n) is 1.32. The zero-order chi connectivity index (χ0) is 13.9. The maximum atomic E-state index is 11.7. The zero-order valence-corrected chi connectivity index (χ0v) is 11.1. The number of hydrogen-bond donors (Lipinski definition) is 3. The van der Waals surface area contributed by atoms with Crippen LogP contribution in [0.4, 0.5) is 11.4 Å². The van der Waals surface area contributed by atoms with Crippen LogP contribution in [0.25, 0.3) is 0 Å². The number of rotatable bonds is 3. The van der Waals surface area contributed by atoms with Gasteiger partial charge in [-0.15, -0.1) is 0 Å². The third-order valence-corrected chi connectivity index (χ3v) is 2.39. The molecule has 18 heavy (non-hydrogen) atoms. The number of carbonyl (C=O) groups excluding carboxylic acids is 2. The lowest BCUT2D eigenvalue weighted by molar-refractivity contribution is -0.120. The van der Waals surface area contributed by atoms with E-state index < -0.39 is 5.54 Å². The summed E-state index contributed by atoms with van der Waals surface area (Å²) in [4.78, 5) is 22.8. The molecular weight excluding hydrogens is 230 g/mol. The van der Waals surface area contributed by atoms with E-state index in [9.17, 15) is 9.59 Å². The second-order valence-electron chi connectivity index (χ2n) is 4.89. The molecule has 0 aromatic heterocycles. The smallest absolute Gasteiger partial charge is 0.243 e. The maximum absolute atomic E-state index is 11.7. The van der Waals surface area contributed by atoms with Crippen LogP contribution in [-0.2, 0) is 9.59 Å². The average molecular weight is 249 g/mol. The summed E-state index contributed by atoms with van der Waals surface area (Å²) in [6.07, 6.45) is 0. The SMILES string of the molecule is CC(=O)Nc1cc(NC(=O)C(C)(C)N)ccc1C. The van der Waals surface area contributed by atoms with E-state index in [1.165, 1.54) is 6.92 Å². The Morgan fingerprint density at radius 2 is 1.83 bits per heavy atom. The standard InChI is InChI=1S/C13H19N3O2/c1-8-5-6-10(7-11(8)15-9(2)17)16-12(18)13(3,4)14/h5-7H,14H2,1-4H3,(H,15,17)(H,16,18). The summed E-state index contributed by atoms with van der Waals surface area (Å²) in [5.74, 6) is -0.430. The predicted molar refractivity (Wildman–Crippen MR) is 72.4 cm³/mol. The van der Waals surface area contributed by atoms with Crippen LogP contribution in [0.5, 0.6) is 0 Å². The largest absolute Gasteiger partial charge is 0.326 e. The highest BCUT2D eigenvalue weighted by atomic mass is 16.2. The van der Waals surface area contributed by atoms with Crippen molar-refractivity contribution in [3.8, 4) is 0 Å². The Hall–Kier alpha value is -1.88. The third kappa shape index (κ3) is 3.85. The molecule has 5 heteroatoms. The zero-order valence-electron chi connectivity index (χ0n) is 11.1. The van der Waals surface area contributed by atoms with Crippen molar-refractivity contribution in [2.75, 3.05) is 10.6 Å². The molecule has 0 saturated heterocycles. The van der Waals surface area contributed by atoms with Crippen molar-refractivity contribution in [3.63, 3.8) is 0 Å². The van der Waals surface area contributed by atoms with Crippen molar-refractivity contribution in [3.05, 3.63) is 23.8 Å². The summed E-state index contributed by atoms with van der Waals surface area (Å²) < 4.78 is 0. The molecular formula is C13H19N3O2. The Labute approximate surface area is 107 Å². The lowest BCUT2D eigenvalue weighted by Crippen LogP contribution is -2.45. The molecule has 0 spiro atoms. The minimum Gasteiger partial charge on any atom is -0.326 e. The Kier molecular flexibility index (Phi) is 4.08. The highest BCUT2D eigenvalue weighted by Gasteiger charge is 2.21. The number of nitrogens with one attached hydrogen (secondary N) is 2. The first kappa shape index (κ1) is 14.2. The van der Waals surface area contributed by atoms with Gasteiger partial charge in [-0.3, -0.25) is 9.59 Å². The highest BCUT2D eigenvalue weighted by Crippen LogP contribution is 2.20. The molecule has 98 valence electrons. The summed E-state index contributed by atoms with van der Waals surface area (Å²) >= 11 is 0. The minimum atomic E-state index is -0.945. The van der Waals surface area contributed by atoms with E-state index >= 15 is 0 Å². The van der Waals surface area contributed by atoms with E-state index in [2.05, 4.69) is 10.6 Å². The van der Waals surface area contributed by atoms with Crippen molar-refractivity contribution in [1.29, 1.82) is 0 Å². The first-order valence-electron chi connectivity index (χ1n) is 5.68. The molecule has 0 aliphatic rings. The van der Waals surface area contributed by atoms with E-state index in [4.69, 9.17) is 5.73 Å². The molecule has 2 amide bonds. The van der Waals surface area contributed by atoms with Crippen LogP contribution in [0, 0.1) is 6.92 Å². The molecule has 0 unspecified atom stereocenters. The van der Waals surface area contributed by atoms with Gasteiger partial charge in [-0.05, 0) is 38.5 Å². The summed E-state index contributed by atoms with van der Waals surface area (Å²) in [5.41, 5.74) is 6.96. The second kappa shape index (κ2) is 5.18. The molecule has 0 heterocycles. The summed E-state index contributed by atoms with van der Waals surface area (Å²) in [5, 5.41) is 5.41. The van der Waals surface area contributed by atoms with Crippen molar-refractivity contribution < 1.29 is 9.59 Å². The van der Waals surface area contributed by atoms with Crippen molar-refractivity contribution >= 4 is 23.2 Å². The molecule has 1 rings (SSSR count). The highest BCUT2D eigenvalue weighted by molar-refractivity contribution is 5.98. The molecule has 0 aliphatic carbocycles. The molecule has 0 atom stereocenters. The maximum Gasteiger partial charge on any atom is 0.243 e. The van der Waals surface area contributed by atoms with Gasteiger partial charge < -0.3 is 16.4 Å². The van der Waals surface area contributed by atoms with Gasteiger partial charge >= 0.3 is 0 Å². The van der Waals surface area contributed by atoms with Gasteiger partial charge in [-0.25, -0.2) is 0 Å². The van der Waals surface area contributed by atoms with Gasteiger partial charge in [-0.1, -0.05) is 6.07 Å².